The highest BCUT2D eigenvalue weighted by Crippen LogP contribution is 2.24. The van der Waals surface area contributed by atoms with Crippen LogP contribution in [0.4, 0.5) is 0 Å². The molecule has 150 valence electrons. The number of fused-ring (bicyclic) bond motifs is 1. The monoisotopic (exact) mass is 384 g/mol. The summed E-state index contributed by atoms with van der Waals surface area (Å²) in [7, 11) is 0. The summed E-state index contributed by atoms with van der Waals surface area (Å²) in [5, 5.41) is 3.20. The van der Waals surface area contributed by atoms with Crippen molar-refractivity contribution in [2.75, 3.05) is 19.6 Å². The molecule has 0 bridgehead atoms. The van der Waals surface area contributed by atoms with Crippen LogP contribution in [0.1, 0.15) is 35.6 Å². The number of rotatable bonds is 8. The summed E-state index contributed by atoms with van der Waals surface area (Å²) in [5.41, 5.74) is 7.33. The summed E-state index contributed by atoms with van der Waals surface area (Å²) in [4.78, 5) is 27.8. The van der Waals surface area contributed by atoms with Gasteiger partial charge in [-0.2, -0.15) is 0 Å². The quantitative estimate of drug-likeness (QED) is 0.671. The van der Waals surface area contributed by atoms with E-state index in [9.17, 15) is 9.59 Å². The Kier molecular flexibility index (Phi) is 6.49. The summed E-state index contributed by atoms with van der Waals surface area (Å²) in [6.45, 7) is 7.05. The minimum absolute atomic E-state index is 0.0531. The van der Waals surface area contributed by atoms with Crippen molar-refractivity contribution in [3.05, 3.63) is 63.6 Å². The Morgan fingerprint density at radius 2 is 1.93 bits per heavy atom. The number of aromatic nitrogens is 1. The molecule has 0 radical (unpaired) electrons. The molecule has 0 aliphatic carbocycles. The van der Waals surface area contributed by atoms with Crippen LogP contribution in [-0.4, -0.2) is 41.1 Å². The molecule has 3 rings (SSSR count). The summed E-state index contributed by atoms with van der Waals surface area (Å²) in [6, 6.07) is 11.2. The smallest absolute Gasteiger partial charge is 0.274 e. The second kappa shape index (κ2) is 9.03. The van der Waals surface area contributed by atoms with Gasteiger partial charge in [0.2, 0.25) is 5.43 Å². The lowest BCUT2D eigenvalue weighted by molar-refractivity contribution is 0.0636. The number of carbonyl (C=O) groups is 1. The number of hydrogen-bond donors (Lipinski definition) is 2. The third-order valence-corrected chi connectivity index (χ3v) is 4.86. The van der Waals surface area contributed by atoms with Crippen LogP contribution in [0.2, 0.25) is 0 Å². The normalized spacial score (nSPS) is 13.7. The van der Waals surface area contributed by atoms with E-state index < -0.39 is 0 Å². The minimum Gasteiger partial charge on any atom is -0.483 e. The van der Waals surface area contributed by atoms with E-state index in [1.165, 1.54) is 0 Å². The molecule has 0 spiro atoms. The average Bonchev–Trinajstić information content (AvgIpc) is 2.68. The van der Waals surface area contributed by atoms with Crippen molar-refractivity contribution in [2.45, 2.75) is 39.6 Å². The second-order valence-electron chi connectivity index (χ2n) is 7.16. The Hall–Kier alpha value is -2.64. The van der Waals surface area contributed by atoms with Gasteiger partial charge in [0.05, 0.1) is 0 Å². The van der Waals surface area contributed by atoms with Crippen molar-refractivity contribution >= 4 is 5.91 Å². The van der Waals surface area contributed by atoms with Crippen molar-refractivity contribution in [1.82, 2.24) is 14.8 Å². The molecule has 1 amide bonds. The number of amides is 1. The zero-order chi connectivity index (χ0) is 20.1. The maximum atomic E-state index is 13.2. The molecule has 2 aromatic rings. The first kappa shape index (κ1) is 20.1. The highest BCUT2D eigenvalue weighted by Gasteiger charge is 2.32. The molecule has 0 unspecified atom stereocenters. The lowest BCUT2D eigenvalue weighted by atomic mass is 10.1. The van der Waals surface area contributed by atoms with Crippen LogP contribution >= 0.6 is 0 Å². The third kappa shape index (κ3) is 4.26. The zero-order valence-corrected chi connectivity index (χ0v) is 16.5. The molecule has 7 heteroatoms. The Morgan fingerprint density at radius 3 is 2.61 bits per heavy atom. The van der Waals surface area contributed by atoms with Crippen molar-refractivity contribution in [3.63, 3.8) is 0 Å². The first-order valence-electron chi connectivity index (χ1n) is 9.68. The van der Waals surface area contributed by atoms with Crippen LogP contribution in [0.15, 0.2) is 41.2 Å². The van der Waals surface area contributed by atoms with E-state index in [1.807, 2.05) is 48.7 Å². The molecule has 1 aliphatic rings. The summed E-state index contributed by atoms with van der Waals surface area (Å²) in [6.07, 6.45) is 0. The van der Waals surface area contributed by atoms with E-state index in [0.29, 0.717) is 38.4 Å². The van der Waals surface area contributed by atoms with Gasteiger partial charge in [-0.25, -0.2) is 0 Å². The van der Waals surface area contributed by atoms with E-state index in [4.69, 9.17) is 10.5 Å². The van der Waals surface area contributed by atoms with Gasteiger partial charge in [-0.15, -0.1) is 0 Å². The predicted octanol–water partition coefficient (Wildman–Crippen LogP) is 1.34. The molecular formula is C21H28N4O3. The summed E-state index contributed by atoms with van der Waals surface area (Å²) in [5.74, 6) is -0.0381. The molecule has 0 saturated carbocycles. The van der Waals surface area contributed by atoms with Crippen molar-refractivity contribution < 1.29 is 9.53 Å². The third-order valence-electron chi connectivity index (χ3n) is 4.86. The molecule has 2 heterocycles. The molecule has 0 atom stereocenters. The van der Waals surface area contributed by atoms with E-state index in [0.717, 1.165) is 11.3 Å². The number of hydrogen-bond acceptors (Lipinski definition) is 5. The average molecular weight is 384 g/mol. The maximum Gasteiger partial charge on any atom is 0.274 e. The zero-order valence-electron chi connectivity index (χ0n) is 16.5. The number of pyridine rings is 1. The Bertz CT molecular complexity index is 877. The highest BCUT2D eigenvalue weighted by molar-refractivity contribution is 5.96. The molecular weight excluding hydrogens is 356 g/mol. The van der Waals surface area contributed by atoms with Crippen LogP contribution in [0, 0.1) is 0 Å². The lowest BCUT2D eigenvalue weighted by Gasteiger charge is -2.35. The number of benzene rings is 1. The molecule has 1 aromatic carbocycles. The molecule has 1 aliphatic heterocycles. The lowest BCUT2D eigenvalue weighted by Crippen LogP contribution is -2.46. The number of ether oxygens (including phenoxy) is 1. The number of carbonyl (C=O) groups excluding carboxylic acids is 1. The topological polar surface area (TPSA) is 89.6 Å². The molecule has 0 saturated heterocycles. The van der Waals surface area contributed by atoms with E-state index in [2.05, 4.69) is 5.32 Å². The fourth-order valence-electron chi connectivity index (χ4n) is 3.42. The maximum absolute atomic E-state index is 13.2. The van der Waals surface area contributed by atoms with E-state index >= 15 is 0 Å². The van der Waals surface area contributed by atoms with Gasteiger partial charge >= 0.3 is 0 Å². The van der Waals surface area contributed by atoms with Gasteiger partial charge in [-0.1, -0.05) is 30.3 Å². The van der Waals surface area contributed by atoms with Crippen molar-refractivity contribution in [3.8, 4) is 5.75 Å². The van der Waals surface area contributed by atoms with E-state index in [-0.39, 0.29) is 29.7 Å². The number of nitrogens with one attached hydrogen (secondary N) is 1. The van der Waals surface area contributed by atoms with Crippen molar-refractivity contribution in [1.29, 1.82) is 0 Å². The SMILES string of the molecule is CC(C)N1CCn2c(CNCCN)cc(=O)c(OCc3ccccc3)c2C1=O. The van der Waals surface area contributed by atoms with Gasteiger partial charge in [0.1, 0.15) is 6.61 Å². The van der Waals surface area contributed by atoms with Gasteiger partial charge in [0.25, 0.3) is 5.91 Å². The van der Waals surface area contributed by atoms with Gasteiger partial charge < -0.3 is 25.3 Å². The van der Waals surface area contributed by atoms with Crippen LogP contribution in [-0.2, 0) is 19.7 Å². The Balaban J connectivity index is 1.99. The molecule has 7 nitrogen and oxygen atoms in total. The Labute approximate surface area is 165 Å². The first-order valence-corrected chi connectivity index (χ1v) is 9.68. The van der Waals surface area contributed by atoms with Crippen molar-refractivity contribution in [2.24, 2.45) is 5.73 Å². The largest absolute Gasteiger partial charge is 0.483 e. The number of nitrogens with zero attached hydrogens (tertiary/aromatic N) is 2. The molecule has 28 heavy (non-hydrogen) atoms. The highest BCUT2D eigenvalue weighted by atomic mass is 16.5. The molecule has 0 fully saturated rings. The fourth-order valence-corrected chi connectivity index (χ4v) is 3.42. The van der Waals surface area contributed by atoms with E-state index in [1.54, 1.807) is 11.0 Å². The summed E-state index contributed by atoms with van der Waals surface area (Å²) < 4.78 is 7.79. The Morgan fingerprint density at radius 1 is 1.18 bits per heavy atom. The van der Waals surface area contributed by atoms with Gasteiger partial charge in [0, 0.05) is 50.5 Å². The number of nitrogens with two attached hydrogens (primary N) is 1. The fraction of sp³-hybridized carbons (Fsp3) is 0.429. The first-order chi connectivity index (χ1) is 13.5. The standard InChI is InChI=1S/C21H28N4O3/c1-15(2)24-10-11-25-17(13-23-9-8-22)12-18(26)20(19(25)21(24)27)28-14-16-6-4-3-5-7-16/h3-7,12,15,23H,8-11,13-14,22H2,1-2H3. The van der Waals surface area contributed by atoms with Crippen LogP contribution in [0.5, 0.6) is 5.75 Å². The van der Waals surface area contributed by atoms with Gasteiger partial charge in [-0.3, -0.25) is 9.59 Å². The van der Waals surface area contributed by atoms with Crippen LogP contribution in [0.3, 0.4) is 0 Å². The second-order valence-corrected chi connectivity index (χ2v) is 7.16. The van der Waals surface area contributed by atoms with Crippen LogP contribution < -0.4 is 21.2 Å². The summed E-state index contributed by atoms with van der Waals surface area (Å²) >= 11 is 0. The van der Waals surface area contributed by atoms with Gasteiger partial charge in [-0.05, 0) is 19.4 Å². The molecule has 3 N–H and O–H groups in total. The molecule has 1 aromatic heterocycles. The van der Waals surface area contributed by atoms with Gasteiger partial charge in [0.15, 0.2) is 11.4 Å². The predicted molar refractivity (Wildman–Crippen MR) is 108 cm³/mol. The minimum atomic E-state index is -0.273. The van der Waals surface area contributed by atoms with Crippen LogP contribution in [0.25, 0.3) is 0 Å².